The zero-order chi connectivity index (χ0) is 15.2. The highest BCUT2D eigenvalue weighted by molar-refractivity contribution is 5.86. The number of nitrogens with two attached hydrogens (primary N) is 1. The Labute approximate surface area is 122 Å². The SMILES string of the molecule is N#CCN(CC#N)C(=O)[C@@H](N)Cc1c[nH]c2ccccc12. The molecule has 1 amide bonds. The molecule has 2 aromatic rings. The molecule has 0 unspecified atom stereocenters. The van der Waals surface area contributed by atoms with Crippen LogP contribution in [0.25, 0.3) is 10.9 Å². The quantitative estimate of drug-likeness (QED) is 0.794. The monoisotopic (exact) mass is 281 g/mol. The van der Waals surface area contributed by atoms with E-state index < -0.39 is 6.04 Å². The Hall–Kier alpha value is -2.83. The summed E-state index contributed by atoms with van der Waals surface area (Å²) in [5.74, 6) is -0.386. The average molecular weight is 281 g/mol. The van der Waals surface area contributed by atoms with E-state index in [1.165, 1.54) is 4.90 Å². The number of aromatic nitrogens is 1. The van der Waals surface area contributed by atoms with E-state index in [9.17, 15) is 4.79 Å². The Morgan fingerprint density at radius 1 is 1.29 bits per heavy atom. The largest absolute Gasteiger partial charge is 0.361 e. The van der Waals surface area contributed by atoms with Crippen LogP contribution in [0.15, 0.2) is 30.5 Å². The van der Waals surface area contributed by atoms with Crippen LogP contribution in [0.5, 0.6) is 0 Å². The van der Waals surface area contributed by atoms with Crippen molar-refractivity contribution in [3.05, 3.63) is 36.0 Å². The topological polar surface area (TPSA) is 110 Å². The van der Waals surface area contributed by atoms with Crippen molar-refractivity contribution < 1.29 is 4.79 Å². The van der Waals surface area contributed by atoms with Crippen molar-refractivity contribution in [3.63, 3.8) is 0 Å². The number of benzene rings is 1. The second kappa shape index (κ2) is 6.56. The fourth-order valence-electron chi connectivity index (χ4n) is 2.24. The number of nitriles is 2. The number of hydrogen-bond donors (Lipinski definition) is 2. The van der Waals surface area contributed by atoms with E-state index in [0.717, 1.165) is 16.5 Å². The van der Waals surface area contributed by atoms with Crippen LogP contribution in [0.2, 0.25) is 0 Å². The zero-order valence-corrected chi connectivity index (χ0v) is 11.4. The fourth-order valence-corrected chi connectivity index (χ4v) is 2.24. The first-order valence-corrected chi connectivity index (χ1v) is 6.50. The molecule has 0 aliphatic carbocycles. The van der Waals surface area contributed by atoms with Gasteiger partial charge in [0.05, 0.1) is 18.2 Å². The first-order valence-electron chi connectivity index (χ1n) is 6.50. The van der Waals surface area contributed by atoms with Crippen LogP contribution in [0.1, 0.15) is 5.56 Å². The molecule has 0 aliphatic heterocycles. The number of H-pyrrole nitrogens is 1. The smallest absolute Gasteiger partial charge is 0.241 e. The molecule has 21 heavy (non-hydrogen) atoms. The maximum absolute atomic E-state index is 12.2. The highest BCUT2D eigenvalue weighted by Gasteiger charge is 2.21. The molecule has 1 heterocycles. The van der Waals surface area contributed by atoms with Gasteiger partial charge in [0.15, 0.2) is 0 Å². The molecule has 0 saturated heterocycles. The van der Waals surface area contributed by atoms with Crippen LogP contribution in [0, 0.1) is 22.7 Å². The molecule has 1 atom stereocenters. The molecule has 0 saturated carbocycles. The molecule has 1 aromatic carbocycles. The number of para-hydroxylation sites is 1. The van der Waals surface area contributed by atoms with E-state index >= 15 is 0 Å². The standard InChI is InChI=1S/C15H15N5O/c16-5-7-20(8-6-17)15(21)13(18)9-11-10-19-14-4-2-1-3-12(11)14/h1-4,10,13,19H,7-9,18H2/t13-/m0/s1. The lowest BCUT2D eigenvalue weighted by Gasteiger charge is -2.20. The lowest BCUT2D eigenvalue weighted by molar-refractivity contribution is -0.131. The van der Waals surface area contributed by atoms with Crippen LogP contribution in [0.4, 0.5) is 0 Å². The van der Waals surface area contributed by atoms with Crippen molar-refractivity contribution >= 4 is 16.8 Å². The van der Waals surface area contributed by atoms with Crippen LogP contribution in [-0.2, 0) is 11.2 Å². The summed E-state index contributed by atoms with van der Waals surface area (Å²) in [6, 6.07) is 10.7. The number of fused-ring (bicyclic) bond motifs is 1. The van der Waals surface area contributed by atoms with Crippen molar-refractivity contribution in [1.82, 2.24) is 9.88 Å². The molecule has 1 aromatic heterocycles. The number of nitrogens with one attached hydrogen (secondary N) is 1. The number of aromatic amines is 1. The Morgan fingerprint density at radius 2 is 1.95 bits per heavy atom. The molecule has 0 bridgehead atoms. The van der Waals surface area contributed by atoms with Crippen molar-refractivity contribution in [1.29, 1.82) is 10.5 Å². The molecule has 106 valence electrons. The van der Waals surface area contributed by atoms with Gasteiger partial charge in [-0.25, -0.2) is 0 Å². The summed E-state index contributed by atoms with van der Waals surface area (Å²) >= 11 is 0. The lowest BCUT2D eigenvalue weighted by Crippen LogP contribution is -2.45. The molecule has 0 radical (unpaired) electrons. The van der Waals surface area contributed by atoms with E-state index in [1.54, 1.807) is 0 Å². The second-order valence-electron chi connectivity index (χ2n) is 4.68. The van der Waals surface area contributed by atoms with Gasteiger partial charge in [0.25, 0.3) is 0 Å². The van der Waals surface area contributed by atoms with E-state index in [0.29, 0.717) is 6.42 Å². The van der Waals surface area contributed by atoms with Crippen molar-refractivity contribution in [2.45, 2.75) is 12.5 Å². The lowest BCUT2D eigenvalue weighted by atomic mass is 10.0. The summed E-state index contributed by atoms with van der Waals surface area (Å²) in [6.07, 6.45) is 2.19. The molecular formula is C15H15N5O. The maximum atomic E-state index is 12.2. The highest BCUT2D eigenvalue weighted by Crippen LogP contribution is 2.19. The third-order valence-electron chi connectivity index (χ3n) is 3.27. The summed E-state index contributed by atoms with van der Waals surface area (Å²) < 4.78 is 0. The summed E-state index contributed by atoms with van der Waals surface area (Å²) in [6.45, 7) is -0.262. The van der Waals surface area contributed by atoms with Gasteiger partial charge in [-0.1, -0.05) is 18.2 Å². The van der Waals surface area contributed by atoms with Crippen LogP contribution < -0.4 is 5.73 Å². The minimum Gasteiger partial charge on any atom is -0.361 e. The van der Waals surface area contributed by atoms with Gasteiger partial charge in [0.1, 0.15) is 13.1 Å². The van der Waals surface area contributed by atoms with Crippen molar-refractivity contribution in [2.24, 2.45) is 5.73 Å². The number of nitrogens with zero attached hydrogens (tertiary/aromatic N) is 3. The molecule has 0 aliphatic rings. The van der Waals surface area contributed by atoms with E-state index in [-0.39, 0.29) is 19.0 Å². The second-order valence-corrected chi connectivity index (χ2v) is 4.68. The maximum Gasteiger partial charge on any atom is 0.241 e. The number of amides is 1. The van der Waals surface area contributed by atoms with Gasteiger partial charge in [-0.05, 0) is 18.1 Å². The summed E-state index contributed by atoms with van der Waals surface area (Å²) in [5, 5.41) is 18.4. The van der Waals surface area contributed by atoms with Crippen LogP contribution in [-0.4, -0.2) is 34.9 Å². The molecule has 6 nitrogen and oxygen atoms in total. The Bertz CT molecular complexity index is 705. The van der Waals surface area contributed by atoms with E-state index in [4.69, 9.17) is 16.3 Å². The molecule has 0 fully saturated rings. The van der Waals surface area contributed by atoms with Gasteiger partial charge in [-0.3, -0.25) is 4.79 Å². The predicted molar refractivity (Wildman–Crippen MR) is 77.8 cm³/mol. The molecule has 0 spiro atoms. The highest BCUT2D eigenvalue weighted by atomic mass is 16.2. The van der Waals surface area contributed by atoms with Gasteiger partial charge in [0.2, 0.25) is 5.91 Å². The molecule has 6 heteroatoms. The van der Waals surface area contributed by atoms with Gasteiger partial charge >= 0.3 is 0 Å². The van der Waals surface area contributed by atoms with Gasteiger partial charge < -0.3 is 15.6 Å². The number of hydrogen-bond acceptors (Lipinski definition) is 4. The number of carbonyl (C=O) groups is 1. The van der Waals surface area contributed by atoms with Gasteiger partial charge in [0, 0.05) is 17.1 Å². The van der Waals surface area contributed by atoms with Crippen LogP contribution >= 0.6 is 0 Å². The van der Waals surface area contributed by atoms with Crippen molar-refractivity contribution in [3.8, 4) is 12.1 Å². The normalized spacial score (nSPS) is 11.6. The number of rotatable bonds is 5. The molecule has 3 N–H and O–H groups in total. The first kappa shape index (κ1) is 14.6. The summed E-state index contributed by atoms with van der Waals surface area (Å²) in [5.41, 5.74) is 7.87. The van der Waals surface area contributed by atoms with E-state index in [2.05, 4.69) is 4.98 Å². The summed E-state index contributed by atoms with van der Waals surface area (Å²) in [4.78, 5) is 16.5. The van der Waals surface area contributed by atoms with E-state index in [1.807, 2.05) is 42.6 Å². The minimum atomic E-state index is -0.772. The Morgan fingerprint density at radius 3 is 2.62 bits per heavy atom. The van der Waals surface area contributed by atoms with Gasteiger partial charge in [-0.2, -0.15) is 10.5 Å². The molecule has 2 rings (SSSR count). The third kappa shape index (κ3) is 3.19. The summed E-state index contributed by atoms with van der Waals surface area (Å²) in [7, 11) is 0. The Kier molecular flexibility index (Phi) is 4.55. The first-order chi connectivity index (χ1) is 10.2. The van der Waals surface area contributed by atoms with Crippen LogP contribution in [0.3, 0.4) is 0 Å². The zero-order valence-electron chi connectivity index (χ0n) is 11.4. The number of carbonyl (C=O) groups excluding carboxylic acids is 1. The van der Waals surface area contributed by atoms with Gasteiger partial charge in [-0.15, -0.1) is 0 Å². The predicted octanol–water partition coefficient (Wildman–Crippen LogP) is 0.913. The fraction of sp³-hybridized carbons (Fsp3) is 0.267. The minimum absolute atomic E-state index is 0.131. The van der Waals surface area contributed by atoms with Crippen molar-refractivity contribution in [2.75, 3.05) is 13.1 Å². The third-order valence-corrected chi connectivity index (χ3v) is 3.27. The Balaban J connectivity index is 2.13. The average Bonchev–Trinajstić information content (AvgIpc) is 2.89. The molecular weight excluding hydrogens is 266 g/mol.